The number of ether oxygens (including phenoxy) is 3. The third-order valence-corrected chi connectivity index (χ3v) is 3.69. The van der Waals surface area contributed by atoms with Crippen molar-refractivity contribution in [1.82, 2.24) is 0 Å². The topological polar surface area (TPSA) is 68.6 Å². The molecule has 2 aromatic carbocycles. The van der Waals surface area contributed by atoms with Gasteiger partial charge in [0.15, 0.2) is 0 Å². The lowest BCUT2D eigenvalue weighted by molar-refractivity contribution is -0.133. The molecule has 0 aliphatic carbocycles. The van der Waals surface area contributed by atoms with Gasteiger partial charge in [-0.1, -0.05) is 35.9 Å². The lowest BCUT2D eigenvalue weighted by Gasteiger charge is -2.13. The number of nitriles is 1. The lowest BCUT2D eigenvalue weighted by Crippen LogP contribution is -2.08. The standard InChI is InChI=1S/C19H16ClNO4/c1-23-12-16(19(22)24-2)15-6-4-3-5-14(15)11-25-18-8-7-13(10-21)9-17(18)20/h3-9,12H,11H2,1-2H3/b16-12+. The number of carbonyl (C=O) groups excluding carboxylic acids is 1. The number of halogens is 1. The molecule has 0 heterocycles. The Hall–Kier alpha value is -2.97. The van der Waals surface area contributed by atoms with E-state index in [1.54, 1.807) is 24.3 Å². The molecule has 0 N–H and O–H groups in total. The van der Waals surface area contributed by atoms with E-state index >= 15 is 0 Å². The van der Waals surface area contributed by atoms with Crippen LogP contribution < -0.4 is 4.74 Å². The molecule has 25 heavy (non-hydrogen) atoms. The van der Waals surface area contributed by atoms with Crippen molar-refractivity contribution in [3.05, 3.63) is 70.4 Å². The highest BCUT2D eigenvalue weighted by Crippen LogP contribution is 2.28. The molecule has 5 nitrogen and oxygen atoms in total. The van der Waals surface area contributed by atoms with Crippen LogP contribution in [-0.2, 0) is 20.9 Å². The zero-order valence-electron chi connectivity index (χ0n) is 13.8. The van der Waals surface area contributed by atoms with E-state index in [1.165, 1.54) is 26.5 Å². The van der Waals surface area contributed by atoms with Gasteiger partial charge < -0.3 is 14.2 Å². The molecule has 0 aromatic heterocycles. The quantitative estimate of drug-likeness (QED) is 0.445. The molecule has 0 amide bonds. The second kappa shape index (κ2) is 8.76. The molecule has 0 saturated carbocycles. The summed E-state index contributed by atoms with van der Waals surface area (Å²) in [6, 6.07) is 14.1. The second-order valence-electron chi connectivity index (χ2n) is 4.96. The molecule has 2 rings (SSSR count). The molecule has 0 aliphatic heterocycles. The molecule has 0 saturated heterocycles. The van der Waals surface area contributed by atoms with Crippen molar-refractivity contribution in [2.75, 3.05) is 14.2 Å². The molecular formula is C19H16ClNO4. The van der Waals surface area contributed by atoms with Crippen LogP contribution in [0.4, 0.5) is 0 Å². The predicted molar refractivity (Wildman–Crippen MR) is 93.9 cm³/mol. The van der Waals surface area contributed by atoms with Crippen molar-refractivity contribution >= 4 is 23.1 Å². The van der Waals surface area contributed by atoms with Crippen molar-refractivity contribution in [3.8, 4) is 11.8 Å². The van der Waals surface area contributed by atoms with Crippen LogP contribution in [0.1, 0.15) is 16.7 Å². The summed E-state index contributed by atoms with van der Waals surface area (Å²) < 4.78 is 15.5. The average Bonchev–Trinajstić information content (AvgIpc) is 2.64. The number of hydrogen-bond donors (Lipinski definition) is 0. The van der Waals surface area contributed by atoms with E-state index in [9.17, 15) is 4.79 Å². The summed E-state index contributed by atoms with van der Waals surface area (Å²) in [5.74, 6) is -0.0588. The van der Waals surface area contributed by atoms with E-state index < -0.39 is 5.97 Å². The number of esters is 1. The van der Waals surface area contributed by atoms with Crippen LogP contribution in [0.25, 0.3) is 5.57 Å². The zero-order valence-corrected chi connectivity index (χ0v) is 14.5. The van der Waals surface area contributed by atoms with Crippen molar-refractivity contribution in [1.29, 1.82) is 5.26 Å². The van der Waals surface area contributed by atoms with E-state index in [0.717, 1.165) is 5.56 Å². The summed E-state index contributed by atoms with van der Waals surface area (Å²) in [5.41, 5.74) is 2.14. The number of rotatable bonds is 6. The van der Waals surface area contributed by atoms with Crippen LogP contribution >= 0.6 is 11.6 Å². The fraction of sp³-hybridized carbons (Fsp3) is 0.158. The van der Waals surface area contributed by atoms with Crippen molar-refractivity contribution in [2.45, 2.75) is 6.61 Å². The third kappa shape index (κ3) is 4.52. The first-order valence-corrected chi connectivity index (χ1v) is 7.70. The SMILES string of the molecule is CO/C=C(/C(=O)OC)c1ccccc1COc1ccc(C#N)cc1Cl. The first kappa shape index (κ1) is 18.4. The van der Waals surface area contributed by atoms with Crippen LogP contribution in [0.5, 0.6) is 5.75 Å². The van der Waals surface area contributed by atoms with Gasteiger partial charge >= 0.3 is 5.97 Å². The Kier molecular flexibility index (Phi) is 6.44. The first-order chi connectivity index (χ1) is 12.1. The molecule has 6 heteroatoms. The van der Waals surface area contributed by atoms with Gasteiger partial charge in [0.2, 0.25) is 0 Å². The minimum atomic E-state index is -0.509. The second-order valence-corrected chi connectivity index (χ2v) is 5.37. The Balaban J connectivity index is 2.28. The van der Waals surface area contributed by atoms with Crippen molar-refractivity contribution in [3.63, 3.8) is 0 Å². The molecule has 0 aliphatic rings. The molecule has 128 valence electrons. The molecule has 0 unspecified atom stereocenters. The van der Waals surface area contributed by atoms with E-state index in [2.05, 4.69) is 0 Å². The van der Waals surface area contributed by atoms with Crippen molar-refractivity contribution in [2.24, 2.45) is 0 Å². The number of hydrogen-bond acceptors (Lipinski definition) is 5. The number of benzene rings is 2. The molecular weight excluding hydrogens is 342 g/mol. The summed E-state index contributed by atoms with van der Waals surface area (Å²) in [4.78, 5) is 12.0. The Morgan fingerprint density at radius 1 is 1.24 bits per heavy atom. The minimum Gasteiger partial charge on any atom is -0.503 e. The Labute approximate surface area is 151 Å². The highest BCUT2D eigenvalue weighted by Gasteiger charge is 2.17. The molecule has 0 spiro atoms. The summed E-state index contributed by atoms with van der Waals surface area (Å²) in [7, 11) is 2.76. The number of nitrogens with zero attached hydrogens (tertiary/aromatic N) is 1. The smallest absolute Gasteiger partial charge is 0.341 e. The molecule has 0 atom stereocenters. The predicted octanol–water partition coefficient (Wildman–Crippen LogP) is 3.95. The van der Waals surface area contributed by atoms with E-state index in [0.29, 0.717) is 21.9 Å². The van der Waals surface area contributed by atoms with E-state index in [1.807, 2.05) is 18.2 Å². The molecule has 0 bridgehead atoms. The van der Waals surface area contributed by atoms with Gasteiger partial charge in [-0.25, -0.2) is 4.79 Å². The Morgan fingerprint density at radius 2 is 2.00 bits per heavy atom. The molecule has 2 aromatic rings. The van der Waals surface area contributed by atoms with Gasteiger partial charge in [0, 0.05) is 0 Å². The maximum absolute atomic E-state index is 12.0. The highest BCUT2D eigenvalue weighted by atomic mass is 35.5. The fourth-order valence-electron chi connectivity index (χ4n) is 2.20. The largest absolute Gasteiger partial charge is 0.503 e. The average molecular weight is 358 g/mol. The van der Waals surface area contributed by atoms with E-state index in [-0.39, 0.29) is 12.2 Å². The van der Waals surface area contributed by atoms with Crippen molar-refractivity contribution < 1.29 is 19.0 Å². The van der Waals surface area contributed by atoms with Gasteiger partial charge in [0.05, 0.1) is 37.1 Å². The van der Waals surface area contributed by atoms with Gasteiger partial charge in [0.25, 0.3) is 0 Å². The maximum Gasteiger partial charge on any atom is 0.341 e. The molecule has 0 fully saturated rings. The van der Waals surface area contributed by atoms with Crippen LogP contribution in [0, 0.1) is 11.3 Å². The van der Waals surface area contributed by atoms with Crippen LogP contribution in [0.2, 0.25) is 5.02 Å². The number of carbonyl (C=O) groups is 1. The zero-order chi connectivity index (χ0) is 18.2. The fourth-order valence-corrected chi connectivity index (χ4v) is 2.44. The summed E-state index contributed by atoms with van der Waals surface area (Å²) in [6.07, 6.45) is 1.33. The Morgan fingerprint density at radius 3 is 2.64 bits per heavy atom. The number of methoxy groups -OCH3 is 2. The van der Waals surface area contributed by atoms with Gasteiger partial charge in [-0.3, -0.25) is 0 Å². The van der Waals surface area contributed by atoms with Gasteiger partial charge in [-0.15, -0.1) is 0 Å². The van der Waals surface area contributed by atoms with Crippen LogP contribution in [0.3, 0.4) is 0 Å². The highest BCUT2D eigenvalue weighted by molar-refractivity contribution is 6.32. The summed E-state index contributed by atoms with van der Waals surface area (Å²) in [5, 5.41) is 9.22. The monoisotopic (exact) mass is 357 g/mol. The first-order valence-electron chi connectivity index (χ1n) is 7.32. The van der Waals surface area contributed by atoms with Gasteiger partial charge in [0.1, 0.15) is 17.9 Å². The third-order valence-electron chi connectivity index (χ3n) is 3.39. The Bertz CT molecular complexity index is 840. The van der Waals surface area contributed by atoms with Crippen LogP contribution in [0.15, 0.2) is 48.7 Å². The minimum absolute atomic E-state index is 0.180. The van der Waals surface area contributed by atoms with Gasteiger partial charge in [-0.05, 0) is 29.3 Å². The maximum atomic E-state index is 12.0. The summed E-state index contributed by atoms with van der Waals surface area (Å²) >= 11 is 6.12. The lowest BCUT2D eigenvalue weighted by atomic mass is 10.0. The van der Waals surface area contributed by atoms with E-state index in [4.69, 9.17) is 31.1 Å². The van der Waals surface area contributed by atoms with Crippen LogP contribution in [-0.4, -0.2) is 20.2 Å². The molecule has 0 radical (unpaired) electrons. The van der Waals surface area contributed by atoms with Gasteiger partial charge in [-0.2, -0.15) is 5.26 Å². The summed E-state index contributed by atoms with van der Waals surface area (Å²) in [6.45, 7) is 0.180. The normalized spacial score (nSPS) is 10.7.